The van der Waals surface area contributed by atoms with Gasteiger partial charge < -0.3 is 10.1 Å². The summed E-state index contributed by atoms with van der Waals surface area (Å²) in [5.41, 5.74) is 3.68. The zero-order valence-corrected chi connectivity index (χ0v) is 11.6. The van der Waals surface area contributed by atoms with Crippen molar-refractivity contribution in [3.05, 3.63) is 29.8 Å². The molecule has 5 heteroatoms. The molecule has 0 heterocycles. The molecule has 0 aliphatic carbocycles. The third kappa shape index (κ3) is 5.14. The van der Waals surface area contributed by atoms with E-state index in [0.29, 0.717) is 11.7 Å². The van der Waals surface area contributed by atoms with E-state index in [1.54, 1.807) is 6.21 Å². The highest BCUT2D eigenvalue weighted by atomic mass is 32.1. The van der Waals surface area contributed by atoms with Gasteiger partial charge in [-0.1, -0.05) is 19.1 Å². The number of hydrogen-bond acceptors (Lipinski definition) is 3. The van der Waals surface area contributed by atoms with Crippen LogP contribution in [0.2, 0.25) is 0 Å². The van der Waals surface area contributed by atoms with Gasteiger partial charge in [0.2, 0.25) is 0 Å². The molecule has 2 N–H and O–H groups in total. The van der Waals surface area contributed by atoms with E-state index in [0.717, 1.165) is 24.3 Å². The molecule has 0 atom stereocenters. The van der Waals surface area contributed by atoms with E-state index >= 15 is 0 Å². The average Bonchev–Trinajstić information content (AvgIpc) is 2.38. The summed E-state index contributed by atoms with van der Waals surface area (Å²) >= 11 is 5.00. The van der Waals surface area contributed by atoms with Crippen molar-refractivity contribution >= 4 is 23.5 Å². The molecule has 18 heavy (non-hydrogen) atoms. The van der Waals surface area contributed by atoms with Crippen LogP contribution in [0.1, 0.15) is 25.8 Å². The lowest BCUT2D eigenvalue weighted by Crippen LogP contribution is -2.31. The van der Waals surface area contributed by atoms with Gasteiger partial charge in [-0.3, -0.25) is 5.43 Å². The number of hydrazone groups is 1. The normalized spacial score (nSPS) is 10.3. The maximum atomic E-state index is 5.62. The molecule has 98 valence electrons. The molecule has 0 spiro atoms. The quantitative estimate of drug-likeness (QED) is 0.470. The number of nitrogens with zero attached hydrogens (tertiary/aromatic N) is 1. The van der Waals surface area contributed by atoms with Crippen LogP contribution in [0.5, 0.6) is 5.75 Å². The van der Waals surface area contributed by atoms with E-state index in [1.165, 1.54) is 0 Å². The van der Waals surface area contributed by atoms with Crippen LogP contribution in [0.4, 0.5) is 0 Å². The van der Waals surface area contributed by atoms with E-state index in [2.05, 4.69) is 22.8 Å². The first-order valence-electron chi connectivity index (χ1n) is 6.06. The van der Waals surface area contributed by atoms with Crippen molar-refractivity contribution in [3.63, 3.8) is 0 Å². The van der Waals surface area contributed by atoms with Crippen LogP contribution in [0, 0.1) is 0 Å². The molecule has 0 saturated heterocycles. The van der Waals surface area contributed by atoms with Crippen molar-refractivity contribution in [2.75, 3.05) is 13.2 Å². The Morgan fingerprint density at radius 1 is 1.39 bits per heavy atom. The van der Waals surface area contributed by atoms with Crippen LogP contribution in [0.3, 0.4) is 0 Å². The fourth-order valence-corrected chi connectivity index (χ4v) is 1.49. The second-order valence-electron chi connectivity index (χ2n) is 3.62. The largest absolute Gasteiger partial charge is 0.493 e. The smallest absolute Gasteiger partial charge is 0.186 e. The molecule has 4 nitrogen and oxygen atoms in total. The Morgan fingerprint density at radius 3 is 2.89 bits per heavy atom. The molecule has 0 saturated carbocycles. The minimum Gasteiger partial charge on any atom is -0.493 e. The standard InChI is InChI=1S/C13H19N3OS/c1-3-9-17-12-8-6-5-7-11(12)10-15-16-13(18)14-4-2/h5-8,10H,3-4,9H2,1-2H3,(H2,14,16,18)/b15-10-. The summed E-state index contributed by atoms with van der Waals surface area (Å²) in [7, 11) is 0. The van der Waals surface area contributed by atoms with E-state index in [1.807, 2.05) is 31.2 Å². The molecular weight excluding hydrogens is 246 g/mol. The number of rotatable bonds is 6. The van der Waals surface area contributed by atoms with Crippen LogP contribution in [-0.2, 0) is 0 Å². The number of nitrogens with one attached hydrogen (secondary N) is 2. The zero-order valence-electron chi connectivity index (χ0n) is 10.8. The maximum absolute atomic E-state index is 5.62. The lowest BCUT2D eigenvalue weighted by Gasteiger charge is -2.07. The lowest BCUT2D eigenvalue weighted by molar-refractivity contribution is 0.317. The van der Waals surface area contributed by atoms with Gasteiger partial charge in [0.25, 0.3) is 0 Å². The van der Waals surface area contributed by atoms with Gasteiger partial charge >= 0.3 is 0 Å². The zero-order chi connectivity index (χ0) is 13.2. The second-order valence-corrected chi connectivity index (χ2v) is 4.02. The lowest BCUT2D eigenvalue weighted by atomic mass is 10.2. The van der Waals surface area contributed by atoms with Gasteiger partial charge in [0.15, 0.2) is 5.11 Å². The van der Waals surface area contributed by atoms with E-state index in [9.17, 15) is 0 Å². The van der Waals surface area contributed by atoms with Crippen LogP contribution in [0.25, 0.3) is 0 Å². The number of para-hydroxylation sites is 1. The maximum Gasteiger partial charge on any atom is 0.186 e. The predicted octanol–water partition coefficient (Wildman–Crippen LogP) is 2.29. The highest BCUT2D eigenvalue weighted by Crippen LogP contribution is 2.15. The van der Waals surface area contributed by atoms with Crippen LogP contribution >= 0.6 is 12.2 Å². The Kier molecular flexibility index (Phi) is 6.79. The highest BCUT2D eigenvalue weighted by molar-refractivity contribution is 7.80. The van der Waals surface area contributed by atoms with Gasteiger partial charge in [-0.2, -0.15) is 5.10 Å². The Balaban J connectivity index is 2.59. The third-order valence-corrected chi connectivity index (χ3v) is 2.32. The first-order valence-corrected chi connectivity index (χ1v) is 6.47. The van der Waals surface area contributed by atoms with Gasteiger partial charge in [0.1, 0.15) is 5.75 Å². The van der Waals surface area contributed by atoms with Crippen LogP contribution in [-0.4, -0.2) is 24.5 Å². The number of benzene rings is 1. The fraction of sp³-hybridized carbons (Fsp3) is 0.385. The summed E-state index contributed by atoms with van der Waals surface area (Å²) in [6.45, 7) is 5.53. The van der Waals surface area contributed by atoms with Crippen molar-refractivity contribution in [2.45, 2.75) is 20.3 Å². The topological polar surface area (TPSA) is 45.6 Å². The molecule has 1 rings (SSSR count). The number of thiocarbonyl (C=S) groups is 1. The molecule has 0 aliphatic heterocycles. The van der Waals surface area contributed by atoms with Crippen LogP contribution in [0.15, 0.2) is 29.4 Å². The molecule has 0 bridgehead atoms. The first-order chi connectivity index (χ1) is 8.77. The van der Waals surface area contributed by atoms with E-state index in [4.69, 9.17) is 17.0 Å². The van der Waals surface area contributed by atoms with Crippen LogP contribution < -0.4 is 15.5 Å². The molecule has 0 aliphatic rings. The van der Waals surface area contributed by atoms with Crippen molar-refractivity contribution in [1.29, 1.82) is 0 Å². The van der Waals surface area contributed by atoms with E-state index < -0.39 is 0 Å². The Morgan fingerprint density at radius 2 is 2.17 bits per heavy atom. The van der Waals surface area contributed by atoms with Crippen molar-refractivity contribution in [1.82, 2.24) is 10.7 Å². The summed E-state index contributed by atoms with van der Waals surface area (Å²) in [6.07, 6.45) is 2.68. The summed E-state index contributed by atoms with van der Waals surface area (Å²) in [6, 6.07) is 7.77. The molecule has 0 amide bonds. The number of hydrogen-bond donors (Lipinski definition) is 2. The monoisotopic (exact) mass is 265 g/mol. The number of ether oxygens (including phenoxy) is 1. The molecule has 0 unspecified atom stereocenters. The summed E-state index contributed by atoms with van der Waals surface area (Å²) < 4.78 is 5.62. The van der Waals surface area contributed by atoms with Crippen molar-refractivity contribution in [2.24, 2.45) is 5.10 Å². The SMILES string of the molecule is CCCOc1ccccc1/C=N\NC(=S)NCC. The van der Waals surface area contributed by atoms with Gasteiger partial charge in [-0.25, -0.2) is 0 Å². The Labute approximate surface area is 113 Å². The minimum atomic E-state index is 0.515. The molecule has 0 radical (unpaired) electrons. The third-order valence-electron chi connectivity index (χ3n) is 2.09. The van der Waals surface area contributed by atoms with Crippen molar-refractivity contribution < 1.29 is 4.74 Å². The average molecular weight is 265 g/mol. The minimum absolute atomic E-state index is 0.515. The summed E-state index contributed by atoms with van der Waals surface area (Å²) in [4.78, 5) is 0. The fourth-order valence-electron chi connectivity index (χ4n) is 1.29. The second kappa shape index (κ2) is 8.47. The molecule has 0 aromatic heterocycles. The molecule has 1 aromatic carbocycles. The van der Waals surface area contributed by atoms with Gasteiger partial charge in [0.05, 0.1) is 12.8 Å². The highest BCUT2D eigenvalue weighted by Gasteiger charge is 1.99. The van der Waals surface area contributed by atoms with Gasteiger partial charge in [0, 0.05) is 12.1 Å². The summed E-state index contributed by atoms with van der Waals surface area (Å²) in [5, 5.41) is 7.54. The Bertz CT molecular complexity index is 407. The Hall–Kier alpha value is -1.62. The molecular formula is C13H19N3OS. The van der Waals surface area contributed by atoms with Gasteiger partial charge in [-0.05, 0) is 37.7 Å². The van der Waals surface area contributed by atoms with Gasteiger partial charge in [-0.15, -0.1) is 0 Å². The molecule has 1 aromatic rings. The molecule has 0 fully saturated rings. The summed E-state index contributed by atoms with van der Waals surface area (Å²) in [5.74, 6) is 0.833. The van der Waals surface area contributed by atoms with E-state index in [-0.39, 0.29) is 0 Å². The predicted molar refractivity (Wildman–Crippen MR) is 79.2 cm³/mol. The first kappa shape index (κ1) is 14.4. The van der Waals surface area contributed by atoms with Crippen molar-refractivity contribution in [3.8, 4) is 5.75 Å².